The highest BCUT2D eigenvalue weighted by atomic mass is 16.5. The Bertz CT molecular complexity index is 1250. The molecule has 0 aliphatic carbocycles. The Morgan fingerprint density at radius 3 is 2.63 bits per heavy atom. The maximum Gasteiger partial charge on any atom is 0.247 e. The lowest BCUT2D eigenvalue weighted by atomic mass is 10.0. The summed E-state index contributed by atoms with van der Waals surface area (Å²) in [6, 6.07) is 17.9. The molecule has 4 aromatic rings. The van der Waals surface area contributed by atoms with E-state index in [9.17, 15) is 9.59 Å². The van der Waals surface area contributed by atoms with Crippen LogP contribution in [0.2, 0.25) is 0 Å². The highest BCUT2D eigenvalue weighted by Crippen LogP contribution is 2.23. The minimum atomic E-state index is -0.853. The Balaban J connectivity index is 1.64. The van der Waals surface area contributed by atoms with Gasteiger partial charge < -0.3 is 19.4 Å². The summed E-state index contributed by atoms with van der Waals surface area (Å²) in [6.45, 7) is 2.74. The van der Waals surface area contributed by atoms with Crippen molar-refractivity contribution in [3.8, 4) is 0 Å². The minimum Gasteiger partial charge on any atom is -0.467 e. The molecule has 2 aromatic carbocycles. The van der Waals surface area contributed by atoms with Gasteiger partial charge in [-0.1, -0.05) is 48.5 Å². The molecule has 1 unspecified atom stereocenters. The molecule has 0 aliphatic rings. The zero-order valence-corrected chi connectivity index (χ0v) is 19.9. The minimum absolute atomic E-state index is 0.0563. The van der Waals surface area contributed by atoms with Gasteiger partial charge in [0, 0.05) is 13.7 Å². The van der Waals surface area contributed by atoms with Crippen LogP contribution in [0.25, 0.3) is 11.0 Å². The van der Waals surface area contributed by atoms with E-state index in [-0.39, 0.29) is 38.1 Å². The van der Waals surface area contributed by atoms with Crippen LogP contribution in [0.4, 0.5) is 0 Å². The SMILES string of the molecule is CCc1ccc(C(C(=O)NCc2ccco2)N(CCOC)C(=O)Cn2nnc3ccccc32)cc1. The van der Waals surface area contributed by atoms with E-state index in [2.05, 4.69) is 22.6 Å². The topological polar surface area (TPSA) is 102 Å². The summed E-state index contributed by atoms with van der Waals surface area (Å²) in [5, 5.41) is 11.2. The number of fused-ring (bicyclic) bond motifs is 1. The summed E-state index contributed by atoms with van der Waals surface area (Å²) in [5.74, 6) is 0.0521. The van der Waals surface area contributed by atoms with Gasteiger partial charge in [0.1, 0.15) is 23.9 Å². The number of methoxy groups -OCH3 is 1. The number of nitrogens with one attached hydrogen (secondary N) is 1. The average Bonchev–Trinajstić information content (AvgIpc) is 3.55. The van der Waals surface area contributed by atoms with Crippen molar-refractivity contribution in [2.45, 2.75) is 32.5 Å². The molecule has 35 heavy (non-hydrogen) atoms. The molecule has 1 atom stereocenters. The van der Waals surface area contributed by atoms with Gasteiger partial charge in [-0.3, -0.25) is 9.59 Å². The number of nitrogens with zero attached hydrogens (tertiary/aromatic N) is 4. The van der Waals surface area contributed by atoms with Gasteiger partial charge in [-0.25, -0.2) is 4.68 Å². The third kappa shape index (κ3) is 5.75. The number of hydrogen-bond acceptors (Lipinski definition) is 6. The molecule has 0 bridgehead atoms. The van der Waals surface area contributed by atoms with Crippen molar-refractivity contribution in [3.63, 3.8) is 0 Å². The molecule has 0 spiro atoms. The number of carbonyl (C=O) groups excluding carboxylic acids is 2. The summed E-state index contributed by atoms with van der Waals surface area (Å²) in [6.07, 6.45) is 2.43. The molecule has 0 saturated carbocycles. The summed E-state index contributed by atoms with van der Waals surface area (Å²) in [5.41, 5.74) is 3.31. The first-order chi connectivity index (χ1) is 17.1. The first-order valence-electron chi connectivity index (χ1n) is 11.6. The summed E-state index contributed by atoms with van der Waals surface area (Å²) in [7, 11) is 1.57. The molecule has 2 heterocycles. The van der Waals surface area contributed by atoms with E-state index in [4.69, 9.17) is 9.15 Å². The van der Waals surface area contributed by atoms with Gasteiger partial charge in [0.15, 0.2) is 0 Å². The average molecular weight is 476 g/mol. The zero-order chi connectivity index (χ0) is 24.6. The van der Waals surface area contributed by atoms with Gasteiger partial charge in [-0.15, -0.1) is 5.10 Å². The van der Waals surface area contributed by atoms with Crippen molar-refractivity contribution in [1.29, 1.82) is 0 Å². The number of aromatic nitrogens is 3. The number of benzene rings is 2. The van der Waals surface area contributed by atoms with Crippen molar-refractivity contribution in [1.82, 2.24) is 25.2 Å². The molecule has 2 amide bonds. The van der Waals surface area contributed by atoms with Gasteiger partial charge in [-0.2, -0.15) is 0 Å². The molecule has 4 rings (SSSR count). The van der Waals surface area contributed by atoms with Gasteiger partial charge in [0.2, 0.25) is 11.8 Å². The smallest absolute Gasteiger partial charge is 0.247 e. The quantitative estimate of drug-likeness (QED) is 0.358. The largest absolute Gasteiger partial charge is 0.467 e. The summed E-state index contributed by atoms with van der Waals surface area (Å²) < 4.78 is 12.2. The van der Waals surface area contributed by atoms with Crippen LogP contribution in [-0.2, 0) is 33.8 Å². The zero-order valence-electron chi connectivity index (χ0n) is 19.9. The van der Waals surface area contributed by atoms with E-state index in [0.717, 1.165) is 17.5 Å². The molecular weight excluding hydrogens is 446 g/mol. The van der Waals surface area contributed by atoms with Gasteiger partial charge in [0.25, 0.3) is 0 Å². The molecule has 0 fully saturated rings. The molecule has 1 N–H and O–H groups in total. The second-order valence-electron chi connectivity index (χ2n) is 8.11. The fraction of sp³-hybridized carbons (Fsp3) is 0.308. The molecule has 0 aliphatic heterocycles. The van der Waals surface area contributed by atoms with E-state index in [1.807, 2.05) is 48.5 Å². The van der Waals surface area contributed by atoms with Crippen LogP contribution in [0, 0.1) is 0 Å². The first-order valence-corrected chi connectivity index (χ1v) is 11.6. The predicted molar refractivity (Wildman–Crippen MR) is 130 cm³/mol. The number of aryl methyl sites for hydroxylation is 1. The monoisotopic (exact) mass is 475 g/mol. The van der Waals surface area contributed by atoms with Crippen molar-refractivity contribution >= 4 is 22.8 Å². The van der Waals surface area contributed by atoms with Crippen molar-refractivity contribution in [2.24, 2.45) is 0 Å². The van der Waals surface area contributed by atoms with Crippen LogP contribution in [0.5, 0.6) is 0 Å². The molecule has 182 valence electrons. The normalized spacial score (nSPS) is 11.9. The maximum absolute atomic E-state index is 13.6. The van der Waals surface area contributed by atoms with Gasteiger partial charge >= 0.3 is 0 Å². The standard InChI is InChI=1S/C26H29N5O4/c1-3-19-10-12-20(13-11-19)25(26(33)27-17-21-7-6-15-35-21)30(14-16-34-2)24(32)18-31-23-9-5-4-8-22(23)28-29-31/h4-13,15,25H,3,14,16-18H2,1-2H3,(H,27,33). The number of ether oxygens (including phenoxy) is 1. The summed E-state index contributed by atoms with van der Waals surface area (Å²) in [4.78, 5) is 28.7. The second kappa shape index (κ2) is 11.4. The van der Waals surface area contributed by atoms with Crippen LogP contribution >= 0.6 is 0 Å². The molecule has 0 saturated heterocycles. The predicted octanol–water partition coefficient (Wildman–Crippen LogP) is 3.12. The molecule has 9 heteroatoms. The lowest BCUT2D eigenvalue weighted by Crippen LogP contribution is -2.46. The van der Waals surface area contributed by atoms with Crippen molar-refractivity contribution < 1.29 is 18.7 Å². The van der Waals surface area contributed by atoms with Gasteiger partial charge in [-0.05, 0) is 41.8 Å². The van der Waals surface area contributed by atoms with E-state index < -0.39 is 6.04 Å². The number of amides is 2. The Morgan fingerprint density at radius 1 is 1.11 bits per heavy atom. The van der Waals surface area contributed by atoms with Crippen molar-refractivity contribution in [2.75, 3.05) is 20.3 Å². The van der Waals surface area contributed by atoms with E-state index >= 15 is 0 Å². The number of carbonyl (C=O) groups is 2. The highest BCUT2D eigenvalue weighted by molar-refractivity contribution is 5.89. The molecular formula is C26H29N5O4. The second-order valence-corrected chi connectivity index (χ2v) is 8.11. The van der Waals surface area contributed by atoms with E-state index in [1.54, 1.807) is 35.1 Å². The Hall–Kier alpha value is -3.98. The number of rotatable bonds is 11. The van der Waals surface area contributed by atoms with Crippen molar-refractivity contribution in [3.05, 3.63) is 83.8 Å². The molecule has 9 nitrogen and oxygen atoms in total. The Labute approximate surface area is 203 Å². The fourth-order valence-corrected chi connectivity index (χ4v) is 3.93. The van der Waals surface area contributed by atoms with Crippen LogP contribution < -0.4 is 5.32 Å². The Morgan fingerprint density at radius 2 is 1.91 bits per heavy atom. The molecule has 0 radical (unpaired) electrons. The third-order valence-corrected chi connectivity index (χ3v) is 5.84. The number of furan rings is 1. The van der Waals surface area contributed by atoms with E-state index in [0.29, 0.717) is 16.8 Å². The van der Waals surface area contributed by atoms with E-state index in [1.165, 1.54) is 0 Å². The van der Waals surface area contributed by atoms with Crippen LogP contribution in [0.15, 0.2) is 71.3 Å². The molecule has 2 aromatic heterocycles. The fourth-order valence-electron chi connectivity index (χ4n) is 3.93. The van der Waals surface area contributed by atoms with Crippen LogP contribution in [0.3, 0.4) is 0 Å². The number of para-hydroxylation sites is 1. The number of hydrogen-bond donors (Lipinski definition) is 1. The lowest BCUT2D eigenvalue weighted by molar-refractivity contribution is -0.142. The van der Waals surface area contributed by atoms with Crippen LogP contribution in [0.1, 0.15) is 29.9 Å². The lowest BCUT2D eigenvalue weighted by Gasteiger charge is -2.31. The Kier molecular flexibility index (Phi) is 7.89. The van der Waals surface area contributed by atoms with Crippen LogP contribution in [-0.4, -0.2) is 52.0 Å². The highest BCUT2D eigenvalue weighted by Gasteiger charge is 2.32. The first kappa shape index (κ1) is 24.2. The maximum atomic E-state index is 13.6. The van der Waals surface area contributed by atoms with Gasteiger partial charge in [0.05, 0.1) is 24.9 Å². The summed E-state index contributed by atoms with van der Waals surface area (Å²) >= 11 is 0. The third-order valence-electron chi connectivity index (χ3n) is 5.84.